The van der Waals surface area contributed by atoms with Crippen LogP contribution in [-0.4, -0.2) is 39.9 Å². The van der Waals surface area contributed by atoms with Crippen LogP contribution in [0.2, 0.25) is 0 Å². The fourth-order valence-electron chi connectivity index (χ4n) is 3.70. The first kappa shape index (κ1) is 17.7. The summed E-state index contributed by atoms with van der Waals surface area (Å²) in [6.07, 6.45) is 6.17. The first-order valence-electron chi connectivity index (χ1n) is 9.56. The molecule has 0 radical (unpaired) electrons. The van der Waals surface area contributed by atoms with Crippen molar-refractivity contribution in [2.75, 3.05) is 25.0 Å². The standard InChI is InChI=1S/C21H26N6/c1-16-24-19(17-8-5-10-22-14-17)13-21(25-16)26(2)15-18-7-3-4-9-20(18)27-12-6-11-23-27/h3-4,6-7,9,11-13,17,22H,5,8,10,14-15H2,1-2H3/t17-/m1/s1. The molecule has 0 bridgehead atoms. The molecule has 27 heavy (non-hydrogen) atoms. The molecule has 0 aliphatic carbocycles. The van der Waals surface area contributed by atoms with Crippen molar-refractivity contribution < 1.29 is 0 Å². The van der Waals surface area contributed by atoms with Crippen LogP contribution in [-0.2, 0) is 6.54 Å². The number of nitrogens with zero attached hydrogens (tertiary/aromatic N) is 5. The summed E-state index contributed by atoms with van der Waals surface area (Å²) in [4.78, 5) is 11.6. The Morgan fingerprint density at radius 2 is 2.11 bits per heavy atom. The van der Waals surface area contributed by atoms with Crippen LogP contribution in [0.5, 0.6) is 0 Å². The van der Waals surface area contributed by atoms with Gasteiger partial charge in [0.2, 0.25) is 0 Å². The van der Waals surface area contributed by atoms with Crippen molar-refractivity contribution in [3.8, 4) is 5.69 Å². The Labute approximate surface area is 160 Å². The Balaban J connectivity index is 1.59. The molecule has 4 rings (SSSR count). The minimum absolute atomic E-state index is 0.476. The van der Waals surface area contributed by atoms with Crippen LogP contribution >= 0.6 is 0 Å². The summed E-state index contributed by atoms with van der Waals surface area (Å²) in [5.41, 5.74) is 3.45. The van der Waals surface area contributed by atoms with E-state index in [9.17, 15) is 0 Å². The maximum Gasteiger partial charge on any atom is 0.132 e. The van der Waals surface area contributed by atoms with Crippen molar-refractivity contribution >= 4 is 5.82 Å². The van der Waals surface area contributed by atoms with Crippen molar-refractivity contribution in [2.45, 2.75) is 32.2 Å². The summed E-state index contributed by atoms with van der Waals surface area (Å²) in [6.45, 7) is 4.85. The van der Waals surface area contributed by atoms with Gasteiger partial charge in [0.05, 0.1) is 11.4 Å². The highest BCUT2D eigenvalue weighted by Gasteiger charge is 2.19. The molecule has 6 nitrogen and oxygen atoms in total. The Kier molecular flexibility index (Phi) is 5.16. The smallest absolute Gasteiger partial charge is 0.132 e. The van der Waals surface area contributed by atoms with Gasteiger partial charge in [0.25, 0.3) is 0 Å². The molecule has 1 atom stereocenters. The van der Waals surface area contributed by atoms with Crippen molar-refractivity contribution in [1.82, 2.24) is 25.1 Å². The number of benzene rings is 1. The molecule has 0 spiro atoms. The number of para-hydroxylation sites is 1. The van der Waals surface area contributed by atoms with Gasteiger partial charge in [0.1, 0.15) is 11.6 Å². The average molecular weight is 362 g/mol. The molecule has 0 unspecified atom stereocenters. The summed E-state index contributed by atoms with van der Waals surface area (Å²) < 4.78 is 1.91. The van der Waals surface area contributed by atoms with Gasteiger partial charge in [-0.15, -0.1) is 0 Å². The van der Waals surface area contributed by atoms with Gasteiger partial charge in [0.15, 0.2) is 0 Å². The van der Waals surface area contributed by atoms with Crippen LogP contribution in [0.4, 0.5) is 5.82 Å². The predicted molar refractivity (Wildman–Crippen MR) is 107 cm³/mol. The van der Waals surface area contributed by atoms with Gasteiger partial charge in [-0.3, -0.25) is 0 Å². The molecule has 3 aromatic rings. The lowest BCUT2D eigenvalue weighted by Gasteiger charge is -2.25. The number of nitrogens with one attached hydrogen (secondary N) is 1. The van der Waals surface area contributed by atoms with Crippen LogP contribution in [0.1, 0.15) is 35.8 Å². The normalized spacial score (nSPS) is 17.0. The Morgan fingerprint density at radius 1 is 1.22 bits per heavy atom. The molecule has 2 aromatic heterocycles. The fraction of sp³-hybridized carbons (Fsp3) is 0.381. The van der Waals surface area contributed by atoms with Crippen molar-refractivity contribution in [2.24, 2.45) is 0 Å². The Hall–Kier alpha value is -2.73. The van der Waals surface area contributed by atoms with Gasteiger partial charge in [-0.25, -0.2) is 14.6 Å². The van der Waals surface area contributed by atoms with E-state index in [4.69, 9.17) is 4.98 Å². The minimum Gasteiger partial charge on any atom is -0.355 e. The Bertz CT molecular complexity index is 883. The zero-order valence-electron chi connectivity index (χ0n) is 16.0. The van der Waals surface area contributed by atoms with E-state index in [2.05, 4.69) is 51.6 Å². The summed E-state index contributed by atoms with van der Waals surface area (Å²) >= 11 is 0. The van der Waals surface area contributed by atoms with E-state index in [1.165, 1.54) is 18.4 Å². The molecule has 1 aliphatic heterocycles. The fourth-order valence-corrected chi connectivity index (χ4v) is 3.70. The molecule has 3 heterocycles. The third-order valence-corrected chi connectivity index (χ3v) is 5.10. The number of aryl methyl sites for hydroxylation is 1. The van der Waals surface area contributed by atoms with E-state index in [-0.39, 0.29) is 0 Å². The van der Waals surface area contributed by atoms with E-state index < -0.39 is 0 Å². The summed E-state index contributed by atoms with van der Waals surface area (Å²) in [5.74, 6) is 2.28. The molecule has 1 fully saturated rings. The Morgan fingerprint density at radius 3 is 2.89 bits per heavy atom. The van der Waals surface area contributed by atoms with Gasteiger partial charge in [0, 0.05) is 44.5 Å². The van der Waals surface area contributed by atoms with E-state index >= 15 is 0 Å². The van der Waals surface area contributed by atoms with Crippen LogP contribution in [0.3, 0.4) is 0 Å². The van der Waals surface area contributed by atoms with E-state index in [1.54, 1.807) is 6.20 Å². The molecule has 1 N–H and O–H groups in total. The number of hydrogen-bond acceptors (Lipinski definition) is 5. The largest absolute Gasteiger partial charge is 0.355 e. The molecule has 140 valence electrons. The molecular weight excluding hydrogens is 336 g/mol. The molecule has 0 amide bonds. The third-order valence-electron chi connectivity index (χ3n) is 5.10. The van der Waals surface area contributed by atoms with Crippen LogP contribution in [0, 0.1) is 6.92 Å². The highest BCUT2D eigenvalue weighted by molar-refractivity contribution is 5.46. The lowest BCUT2D eigenvalue weighted by Crippen LogP contribution is -2.29. The quantitative estimate of drug-likeness (QED) is 0.756. The predicted octanol–water partition coefficient (Wildman–Crippen LogP) is 3.07. The first-order valence-corrected chi connectivity index (χ1v) is 9.56. The SMILES string of the molecule is Cc1nc([C@@H]2CCCNC2)cc(N(C)Cc2ccccc2-n2cccn2)n1. The van der Waals surface area contributed by atoms with Crippen molar-refractivity contribution in [1.29, 1.82) is 0 Å². The number of anilines is 1. The highest BCUT2D eigenvalue weighted by atomic mass is 15.3. The van der Waals surface area contributed by atoms with Gasteiger partial charge < -0.3 is 10.2 Å². The van der Waals surface area contributed by atoms with Crippen molar-refractivity contribution in [3.05, 3.63) is 65.9 Å². The van der Waals surface area contributed by atoms with Crippen LogP contribution < -0.4 is 10.2 Å². The maximum absolute atomic E-state index is 4.71. The van der Waals surface area contributed by atoms with E-state index in [0.717, 1.165) is 42.7 Å². The topological polar surface area (TPSA) is 58.9 Å². The zero-order valence-corrected chi connectivity index (χ0v) is 16.0. The number of aromatic nitrogens is 4. The molecule has 1 aromatic carbocycles. The summed E-state index contributed by atoms with van der Waals surface area (Å²) in [5, 5.41) is 7.86. The van der Waals surface area contributed by atoms with Crippen LogP contribution in [0.25, 0.3) is 5.69 Å². The van der Waals surface area contributed by atoms with Gasteiger partial charge in [-0.05, 0) is 44.0 Å². The molecule has 0 saturated carbocycles. The lowest BCUT2D eigenvalue weighted by atomic mass is 9.96. The first-order chi connectivity index (χ1) is 13.2. The van der Waals surface area contributed by atoms with Gasteiger partial charge >= 0.3 is 0 Å². The molecule has 1 saturated heterocycles. The summed E-state index contributed by atoms with van der Waals surface area (Å²) in [7, 11) is 2.09. The van der Waals surface area contributed by atoms with Crippen LogP contribution in [0.15, 0.2) is 48.8 Å². The number of piperidine rings is 1. The lowest BCUT2D eigenvalue weighted by molar-refractivity contribution is 0.453. The summed E-state index contributed by atoms with van der Waals surface area (Å²) in [6, 6.07) is 12.5. The van der Waals surface area contributed by atoms with Gasteiger partial charge in [-0.2, -0.15) is 5.10 Å². The average Bonchev–Trinajstić information content (AvgIpc) is 3.23. The second kappa shape index (κ2) is 7.88. The molecule has 6 heteroatoms. The minimum atomic E-state index is 0.476. The van der Waals surface area contributed by atoms with E-state index in [1.807, 2.05) is 29.9 Å². The number of rotatable bonds is 5. The number of hydrogen-bond donors (Lipinski definition) is 1. The third kappa shape index (κ3) is 4.01. The maximum atomic E-state index is 4.71. The highest BCUT2D eigenvalue weighted by Crippen LogP contribution is 2.25. The van der Waals surface area contributed by atoms with Crippen molar-refractivity contribution in [3.63, 3.8) is 0 Å². The second-order valence-corrected chi connectivity index (χ2v) is 7.18. The molecular formula is C21H26N6. The van der Waals surface area contributed by atoms with Gasteiger partial charge in [-0.1, -0.05) is 18.2 Å². The second-order valence-electron chi connectivity index (χ2n) is 7.18. The zero-order chi connectivity index (χ0) is 18.6. The molecule has 1 aliphatic rings. The monoisotopic (exact) mass is 362 g/mol. The van der Waals surface area contributed by atoms with E-state index in [0.29, 0.717) is 5.92 Å².